The normalized spacial score (nSPS) is 13.3. The Morgan fingerprint density at radius 3 is 2.55 bits per heavy atom. The summed E-state index contributed by atoms with van der Waals surface area (Å²) in [5.74, 6) is 0.0425. The van der Waals surface area contributed by atoms with Crippen molar-refractivity contribution in [3.05, 3.63) is 76.5 Å². The van der Waals surface area contributed by atoms with Gasteiger partial charge in [-0.2, -0.15) is 5.10 Å². The molecule has 1 aromatic heterocycles. The van der Waals surface area contributed by atoms with Crippen LogP contribution in [0.3, 0.4) is 0 Å². The molecule has 0 saturated carbocycles. The van der Waals surface area contributed by atoms with Crippen molar-refractivity contribution < 1.29 is 14.5 Å². The fraction of sp³-hybridized carbons (Fsp3) is 0.292. The van der Waals surface area contributed by atoms with Gasteiger partial charge in [0.05, 0.1) is 22.7 Å². The minimum absolute atomic E-state index is 0.00276. The predicted octanol–water partition coefficient (Wildman–Crippen LogP) is 3.12. The lowest BCUT2D eigenvalue weighted by molar-refractivity contribution is -0.384. The zero-order valence-electron chi connectivity index (χ0n) is 18.1. The molecule has 3 aromatic rings. The quantitative estimate of drug-likeness (QED) is 0.308. The lowest BCUT2D eigenvalue weighted by Gasteiger charge is -2.15. The van der Waals surface area contributed by atoms with Crippen molar-refractivity contribution in [3.63, 3.8) is 0 Å². The van der Waals surface area contributed by atoms with E-state index in [0.717, 1.165) is 24.2 Å². The Kier molecular flexibility index (Phi) is 6.77. The van der Waals surface area contributed by atoms with Gasteiger partial charge in [-0.25, -0.2) is 4.68 Å². The molecule has 1 saturated heterocycles. The van der Waals surface area contributed by atoms with Gasteiger partial charge in [-0.1, -0.05) is 18.2 Å². The molecule has 170 valence electrons. The second-order valence-corrected chi connectivity index (χ2v) is 7.95. The van der Waals surface area contributed by atoms with Gasteiger partial charge in [0.15, 0.2) is 0 Å². The van der Waals surface area contributed by atoms with Crippen LogP contribution >= 0.6 is 0 Å². The number of amides is 2. The molecule has 9 heteroatoms. The third-order valence-corrected chi connectivity index (χ3v) is 5.61. The number of carbonyl (C=O) groups excluding carboxylic acids is 2. The number of carbonyl (C=O) groups is 2. The van der Waals surface area contributed by atoms with E-state index in [4.69, 9.17) is 0 Å². The lowest BCUT2D eigenvalue weighted by atomic mass is 10.1. The average molecular weight is 447 g/mol. The minimum Gasteiger partial charge on any atom is -0.356 e. The molecule has 2 amide bonds. The Hall–Kier alpha value is -4.01. The molecule has 2 heterocycles. The first kappa shape index (κ1) is 22.2. The van der Waals surface area contributed by atoms with Gasteiger partial charge >= 0.3 is 0 Å². The van der Waals surface area contributed by atoms with E-state index in [9.17, 15) is 19.7 Å². The highest BCUT2D eigenvalue weighted by molar-refractivity contribution is 5.81. The number of hydrogen-bond acceptors (Lipinski definition) is 5. The molecule has 0 spiro atoms. The molecule has 4 rings (SSSR count). The number of nitro groups is 1. The number of para-hydroxylation sites is 1. The first-order valence-corrected chi connectivity index (χ1v) is 10.9. The van der Waals surface area contributed by atoms with Gasteiger partial charge in [-0.15, -0.1) is 0 Å². The minimum atomic E-state index is -0.448. The van der Waals surface area contributed by atoms with Crippen molar-refractivity contribution in [1.82, 2.24) is 20.0 Å². The third kappa shape index (κ3) is 5.43. The molecule has 9 nitrogen and oxygen atoms in total. The van der Waals surface area contributed by atoms with Gasteiger partial charge < -0.3 is 10.2 Å². The molecule has 1 aliphatic rings. The van der Waals surface area contributed by atoms with Crippen LogP contribution in [-0.2, 0) is 16.0 Å². The summed E-state index contributed by atoms with van der Waals surface area (Å²) in [7, 11) is 0. The fourth-order valence-electron chi connectivity index (χ4n) is 3.91. The van der Waals surface area contributed by atoms with Gasteiger partial charge in [0.2, 0.25) is 11.8 Å². The molecule has 33 heavy (non-hydrogen) atoms. The number of likely N-dealkylation sites (tertiary alicyclic amines) is 1. The summed E-state index contributed by atoms with van der Waals surface area (Å²) in [4.78, 5) is 36.7. The monoisotopic (exact) mass is 447 g/mol. The first-order valence-electron chi connectivity index (χ1n) is 10.9. The second-order valence-electron chi connectivity index (χ2n) is 7.95. The zero-order chi connectivity index (χ0) is 23.2. The van der Waals surface area contributed by atoms with E-state index < -0.39 is 4.92 Å². The Morgan fingerprint density at radius 1 is 1.12 bits per heavy atom. The van der Waals surface area contributed by atoms with E-state index >= 15 is 0 Å². The summed E-state index contributed by atoms with van der Waals surface area (Å²) < 4.78 is 1.71. The Balaban J connectivity index is 1.47. The summed E-state index contributed by atoms with van der Waals surface area (Å²) in [6.07, 6.45) is 4.16. The number of benzene rings is 2. The van der Waals surface area contributed by atoms with Gasteiger partial charge in [-0.3, -0.25) is 19.7 Å². The van der Waals surface area contributed by atoms with Crippen molar-refractivity contribution >= 4 is 17.5 Å². The Morgan fingerprint density at radius 2 is 1.88 bits per heavy atom. The molecule has 2 aromatic carbocycles. The second kappa shape index (κ2) is 10.1. The lowest BCUT2D eigenvalue weighted by Crippen LogP contribution is -2.31. The molecule has 0 atom stereocenters. The number of nitro benzene ring substituents is 1. The summed E-state index contributed by atoms with van der Waals surface area (Å²) in [5.41, 5.74) is 2.87. The molecule has 0 radical (unpaired) electrons. The average Bonchev–Trinajstić information content (AvgIpc) is 3.43. The highest BCUT2D eigenvalue weighted by Crippen LogP contribution is 2.26. The van der Waals surface area contributed by atoms with E-state index in [2.05, 4.69) is 10.4 Å². The third-order valence-electron chi connectivity index (χ3n) is 5.61. The number of hydrogen-bond donors (Lipinski definition) is 1. The van der Waals surface area contributed by atoms with Crippen LogP contribution in [0.4, 0.5) is 5.69 Å². The maximum Gasteiger partial charge on any atom is 0.269 e. The van der Waals surface area contributed by atoms with E-state index in [0.29, 0.717) is 37.2 Å². The Bertz CT molecular complexity index is 1140. The predicted molar refractivity (Wildman–Crippen MR) is 123 cm³/mol. The van der Waals surface area contributed by atoms with Gasteiger partial charge in [0.25, 0.3) is 5.69 Å². The molecule has 1 fully saturated rings. The van der Waals surface area contributed by atoms with Crippen molar-refractivity contribution in [3.8, 4) is 16.9 Å². The first-order chi connectivity index (χ1) is 16.0. The van der Waals surface area contributed by atoms with E-state index in [1.165, 1.54) is 12.1 Å². The number of nitrogens with one attached hydrogen (secondary N) is 1. The van der Waals surface area contributed by atoms with Gasteiger partial charge in [-0.05, 0) is 37.1 Å². The Labute approximate surface area is 191 Å². The summed E-state index contributed by atoms with van der Waals surface area (Å²) >= 11 is 0. The van der Waals surface area contributed by atoms with Crippen LogP contribution in [-0.4, -0.2) is 51.1 Å². The largest absolute Gasteiger partial charge is 0.356 e. The van der Waals surface area contributed by atoms with Crippen molar-refractivity contribution in [2.45, 2.75) is 25.7 Å². The van der Waals surface area contributed by atoms with Crippen molar-refractivity contribution in [2.24, 2.45) is 0 Å². The molecule has 0 bridgehead atoms. The number of aromatic nitrogens is 2. The zero-order valence-corrected chi connectivity index (χ0v) is 18.1. The standard InChI is InChI=1S/C24H25N5O4/c30-22(25-13-5-15-27-14-4-8-23(27)31)16-19-17-28(20-6-2-1-3-7-20)26-24(19)18-9-11-21(12-10-18)29(32)33/h1-3,6-7,9-12,17H,4-5,8,13-16H2,(H,25,30). The summed E-state index contributed by atoms with van der Waals surface area (Å²) in [5, 5.41) is 18.6. The maximum absolute atomic E-state index is 12.6. The summed E-state index contributed by atoms with van der Waals surface area (Å²) in [6, 6.07) is 15.7. The van der Waals surface area contributed by atoms with Crippen molar-refractivity contribution in [1.29, 1.82) is 0 Å². The van der Waals surface area contributed by atoms with Gasteiger partial charge in [0, 0.05) is 55.5 Å². The molecule has 0 aliphatic carbocycles. The molecular formula is C24H25N5O4. The van der Waals surface area contributed by atoms with E-state index in [1.807, 2.05) is 41.4 Å². The van der Waals surface area contributed by atoms with E-state index in [1.54, 1.807) is 16.8 Å². The van der Waals surface area contributed by atoms with Crippen molar-refractivity contribution in [2.75, 3.05) is 19.6 Å². The molecule has 1 N–H and O–H groups in total. The van der Waals surface area contributed by atoms with Crippen LogP contribution in [0.1, 0.15) is 24.8 Å². The molecular weight excluding hydrogens is 422 g/mol. The van der Waals surface area contributed by atoms with Crippen LogP contribution in [0.5, 0.6) is 0 Å². The summed E-state index contributed by atoms with van der Waals surface area (Å²) in [6.45, 7) is 1.94. The SMILES string of the molecule is O=C(Cc1cn(-c2ccccc2)nc1-c1ccc([N+](=O)[O-])cc1)NCCCN1CCCC1=O. The molecule has 0 unspecified atom stereocenters. The number of nitrogens with zero attached hydrogens (tertiary/aromatic N) is 4. The van der Waals surface area contributed by atoms with Crippen LogP contribution in [0.25, 0.3) is 16.9 Å². The highest BCUT2D eigenvalue weighted by Gasteiger charge is 2.20. The topological polar surface area (TPSA) is 110 Å². The molecule has 1 aliphatic heterocycles. The van der Waals surface area contributed by atoms with Gasteiger partial charge in [0.1, 0.15) is 0 Å². The van der Waals surface area contributed by atoms with Crippen LogP contribution in [0, 0.1) is 10.1 Å². The highest BCUT2D eigenvalue weighted by atomic mass is 16.6. The van der Waals surface area contributed by atoms with Crippen LogP contribution in [0.15, 0.2) is 60.8 Å². The maximum atomic E-state index is 12.6. The number of rotatable bonds is 9. The number of non-ortho nitro benzene ring substituents is 1. The van der Waals surface area contributed by atoms with Crippen LogP contribution < -0.4 is 5.32 Å². The van der Waals surface area contributed by atoms with Crippen LogP contribution in [0.2, 0.25) is 0 Å². The van der Waals surface area contributed by atoms with E-state index in [-0.39, 0.29) is 23.9 Å². The smallest absolute Gasteiger partial charge is 0.269 e. The fourth-order valence-corrected chi connectivity index (χ4v) is 3.91.